The largest absolute Gasteiger partial charge is 0.326 e. The molecule has 1 unspecified atom stereocenters. The van der Waals surface area contributed by atoms with Crippen LogP contribution < -0.4 is 15.8 Å². The van der Waals surface area contributed by atoms with E-state index in [0.29, 0.717) is 23.4 Å². The fourth-order valence-electron chi connectivity index (χ4n) is 2.59. The van der Waals surface area contributed by atoms with Crippen LogP contribution in [0.3, 0.4) is 0 Å². The van der Waals surface area contributed by atoms with Crippen LogP contribution in [0, 0.1) is 6.92 Å². The highest BCUT2D eigenvalue weighted by Crippen LogP contribution is 2.25. The van der Waals surface area contributed by atoms with Gasteiger partial charge in [-0.25, -0.2) is 8.42 Å². The van der Waals surface area contributed by atoms with Crippen LogP contribution in [0.1, 0.15) is 36.9 Å². The van der Waals surface area contributed by atoms with Crippen LogP contribution in [0.5, 0.6) is 0 Å². The van der Waals surface area contributed by atoms with Gasteiger partial charge in [0.25, 0.3) is 0 Å². The Balaban J connectivity index is 0.00000364. The third kappa shape index (κ3) is 6.86. The van der Waals surface area contributed by atoms with Crippen LogP contribution in [0.4, 0.5) is 11.4 Å². The minimum atomic E-state index is -3.39. The number of amides is 1. The predicted molar refractivity (Wildman–Crippen MR) is 113 cm³/mol. The zero-order valence-electron chi connectivity index (χ0n) is 15.4. The van der Waals surface area contributed by atoms with Gasteiger partial charge in [0, 0.05) is 18.2 Å². The van der Waals surface area contributed by atoms with Gasteiger partial charge >= 0.3 is 0 Å². The molecular formula is C19H26ClN3O3S. The molecule has 27 heavy (non-hydrogen) atoms. The zero-order chi connectivity index (χ0) is 19.2. The van der Waals surface area contributed by atoms with Crippen LogP contribution in [0.2, 0.25) is 0 Å². The number of carbonyl (C=O) groups is 1. The quantitative estimate of drug-likeness (QED) is 0.617. The second kappa shape index (κ2) is 10.3. The second-order valence-electron chi connectivity index (χ2n) is 6.17. The Kier molecular flexibility index (Phi) is 8.75. The van der Waals surface area contributed by atoms with Crippen molar-refractivity contribution in [3.63, 3.8) is 0 Å². The molecule has 1 amide bonds. The smallest absolute Gasteiger partial charge is 0.232 e. The summed E-state index contributed by atoms with van der Waals surface area (Å²) >= 11 is 0. The van der Waals surface area contributed by atoms with Crippen LogP contribution in [-0.2, 0) is 14.8 Å². The summed E-state index contributed by atoms with van der Waals surface area (Å²) in [6.07, 6.45) is 0.664. The molecule has 2 rings (SSSR count). The maximum atomic E-state index is 12.3. The van der Waals surface area contributed by atoms with E-state index in [-0.39, 0.29) is 30.5 Å². The van der Waals surface area contributed by atoms with Gasteiger partial charge in [-0.15, -0.1) is 12.4 Å². The summed E-state index contributed by atoms with van der Waals surface area (Å²) in [5.41, 5.74) is 8.66. The van der Waals surface area contributed by atoms with Crippen LogP contribution in [0.25, 0.3) is 0 Å². The van der Waals surface area contributed by atoms with E-state index in [1.807, 2.05) is 30.3 Å². The summed E-state index contributed by atoms with van der Waals surface area (Å²) in [5.74, 6) is -0.174. The number of nitrogens with two attached hydrogens (primary N) is 1. The van der Waals surface area contributed by atoms with Crippen molar-refractivity contribution in [1.82, 2.24) is 0 Å². The molecule has 0 aliphatic heterocycles. The molecule has 0 saturated carbocycles. The van der Waals surface area contributed by atoms with Crippen molar-refractivity contribution in [2.75, 3.05) is 15.8 Å². The lowest BCUT2D eigenvalue weighted by atomic mass is 10.0. The van der Waals surface area contributed by atoms with Crippen LogP contribution in [-0.4, -0.2) is 20.1 Å². The molecule has 6 nitrogen and oxygen atoms in total. The first-order valence-corrected chi connectivity index (χ1v) is 10.2. The van der Waals surface area contributed by atoms with Crippen LogP contribution in [0.15, 0.2) is 48.5 Å². The Hall–Kier alpha value is -2.09. The van der Waals surface area contributed by atoms with Crippen molar-refractivity contribution in [3.05, 3.63) is 59.7 Å². The number of carbonyl (C=O) groups excluding carboxylic acids is 1. The monoisotopic (exact) mass is 411 g/mol. The van der Waals surface area contributed by atoms with Gasteiger partial charge in [-0.2, -0.15) is 0 Å². The lowest BCUT2D eigenvalue weighted by Gasteiger charge is -2.16. The van der Waals surface area contributed by atoms with E-state index in [0.717, 1.165) is 5.56 Å². The van der Waals surface area contributed by atoms with Gasteiger partial charge in [0.1, 0.15) is 0 Å². The molecule has 0 radical (unpaired) electrons. The second-order valence-corrected chi connectivity index (χ2v) is 8.01. The Bertz CT molecular complexity index is 858. The molecule has 1 atom stereocenters. The number of hydrogen-bond donors (Lipinski definition) is 3. The average Bonchev–Trinajstić information content (AvgIpc) is 2.59. The first-order chi connectivity index (χ1) is 12.3. The topological polar surface area (TPSA) is 101 Å². The van der Waals surface area contributed by atoms with Crippen LogP contribution >= 0.6 is 12.4 Å². The van der Waals surface area contributed by atoms with Gasteiger partial charge in [0.15, 0.2) is 0 Å². The van der Waals surface area contributed by atoms with Gasteiger partial charge < -0.3 is 11.1 Å². The van der Waals surface area contributed by atoms with Crippen molar-refractivity contribution < 1.29 is 13.2 Å². The van der Waals surface area contributed by atoms with E-state index in [1.54, 1.807) is 32.0 Å². The van der Waals surface area contributed by atoms with E-state index in [9.17, 15) is 13.2 Å². The first-order valence-electron chi connectivity index (χ1n) is 8.53. The maximum Gasteiger partial charge on any atom is 0.232 e. The van der Waals surface area contributed by atoms with E-state index in [2.05, 4.69) is 10.0 Å². The number of rotatable bonds is 8. The lowest BCUT2D eigenvalue weighted by molar-refractivity contribution is -0.116. The first kappa shape index (κ1) is 23.0. The number of hydrogen-bond acceptors (Lipinski definition) is 4. The predicted octanol–water partition coefficient (Wildman–Crippen LogP) is 3.60. The summed E-state index contributed by atoms with van der Waals surface area (Å²) in [6.45, 7) is 3.56. The third-order valence-corrected chi connectivity index (χ3v) is 5.46. The summed E-state index contributed by atoms with van der Waals surface area (Å²) in [7, 11) is -3.39. The minimum absolute atomic E-state index is 0. The molecule has 0 fully saturated rings. The minimum Gasteiger partial charge on any atom is -0.326 e. The Morgan fingerprint density at radius 1 is 1.07 bits per heavy atom. The maximum absolute atomic E-state index is 12.3. The van der Waals surface area contributed by atoms with Gasteiger partial charge in [0.05, 0.1) is 11.4 Å². The van der Waals surface area contributed by atoms with Gasteiger partial charge in [-0.05, 0) is 36.6 Å². The molecule has 0 aromatic heterocycles. The Morgan fingerprint density at radius 2 is 1.70 bits per heavy atom. The van der Waals surface area contributed by atoms with Crippen molar-refractivity contribution in [3.8, 4) is 0 Å². The van der Waals surface area contributed by atoms with E-state index < -0.39 is 16.1 Å². The number of sulfonamides is 1. The van der Waals surface area contributed by atoms with Crippen molar-refractivity contribution >= 4 is 39.7 Å². The zero-order valence-corrected chi connectivity index (χ0v) is 17.1. The third-order valence-electron chi connectivity index (χ3n) is 3.98. The highest BCUT2D eigenvalue weighted by Gasteiger charge is 2.15. The van der Waals surface area contributed by atoms with Gasteiger partial charge in [0.2, 0.25) is 15.9 Å². The number of benzene rings is 2. The molecule has 148 valence electrons. The Labute approximate surface area is 167 Å². The summed E-state index contributed by atoms with van der Waals surface area (Å²) < 4.78 is 26.5. The Morgan fingerprint density at radius 3 is 2.33 bits per heavy atom. The lowest BCUT2D eigenvalue weighted by Crippen LogP contribution is -2.21. The SMILES string of the molecule is CCCS(=O)(=O)Nc1cccc(NC(=O)CC(N)c2ccccc2)c1C.Cl. The molecule has 0 aliphatic rings. The molecule has 0 bridgehead atoms. The molecule has 2 aromatic rings. The normalized spacial score (nSPS) is 12.0. The number of nitrogens with one attached hydrogen (secondary N) is 2. The number of halogens is 1. The van der Waals surface area contributed by atoms with E-state index in [1.165, 1.54) is 0 Å². The molecule has 0 saturated heterocycles. The van der Waals surface area contributed by atoms with E-state index >= 15 is 0 Å². The summed E-state index contributed by atoms with van der Waals surface area (Å²) in [5, 5.41) is 2.82. The fraction of sp³-hybridized carbons (Fsp3) is 0.316. The van der Waals surface area contributed by atoms with E-state index in [4.69, 9.17) is 5.73 Å². The molecule has 0 aliphatic carbocycles. The highest BCUT2D eigenvalue weighted by atomic mass is 35.5. The molecule has 4 N–H and O–H groups in total. The van der Waals surface area contributed by atoms with Crippen molar-refractivity contribution in [2.45, 2.75) is 32.7 Å². The molecule has 0 heterocycles. The summed E-state index contributed by atoms with van der Waals surface area (Å²) in [6, 6.07) is 14.1. The molecule has 0 spiro atoms. The fourth-order valence-corrected chi connectivity index (χ4v) is 3.78. The summed E-state index contributed by atoms with van der Waals surface area (Å²) in [4.78, 5) is 12.3. The molecular weight excluding hydrogens is 386 g/mol. The van der Waals surface area contributed by atoms with Crippen molar-refractivity contribution in [2.24, 2.45) is 5.73 Å². The molecule has 8 heteroatoms. The van der Waals surface area contributed by atoms with Gasteiger partial charge in [-0.1, -0.05) is 43.3 Å². The average molecular weight is 412 g/mol. The number of anilines is 2. The van der Waals surface area contributed by atoms with Gasteiger partial charge in [-0.3, -0.25) is 9.52 Å². The van der Waals surface area contributed by atoms with Crippen molar-refractivity contribution in [1.29, 1.82) is 0 Å². The standard InChI is InChI=1S/C19H25N3O3S.ClH/c1-3-12-26(24,25)22-18-11-7-10-17(14(18)2)21-19(23)13-16(20)15-8-5-4-6-9-15;/h4-11,16,22H,3,12-13,20H2,1-2H3,(H,21,23);1H. The highest BCUT2D eigenvalue weighted by molar-refractivity contribution is 7.92. The molecule has 2 aromatic carbocycles.